The number of aryl methyl sites for hydroxylation is 1. The van der Waals surface area contributed by atoms with Gasteiger partial charge >= 0.3 is 0 Å². The van der Waals surface area contributed by atoms with Crippen LogP contribution in [0.1, 0.15) is 21.5 Å². The molecule has 0 aliphatic carbocycles. The molecule has 18 heavy (non-hydrogen) atoms. The zero-order chi connectivity index (χ0) is 13.3. The summed E-state index contributed by atoms with van der Waals surface area (Å²) in [5.41, 5.74) is 2.59. The molecule has 2 aromatic rings. The third kappa shape index (κ3) is 3.06. The fourth-order valence-electron chi connectivity index (χ4n) is 1.69. The molecule has 94 valence electrons. The maximum Gasteiger partial charge on any atom is 0.127 e. The van der Waals surface area contributed by atoms with Crippen molar-refractivity contribution >= 4 is 50.1 Å². The summed E-state index contributed by atoms with van der Waals surface area (Å²) in [5, 5.41) is 0.443. The molecule has 1 atom stereocenters. The number of hydrogen-bond acceptors (Lipinski definition) is 0. The van der Waals surface area contributed by atoms with Crippen molar-refractivity contribution in [2.24, 2.45) is 0 Å². The molecule has 0 aromatic heterocycles. The van der Waals surface area contributed by atoms with Crippen LogP contribution < -0.4 is 0 Å². The molecule has 0 bridgehead atoms. The van der Waals surface area contributed by atoms with Gasteiger partial charge in [-0.05, 0) is 64.4 Å². The lowest BCUT2D eigenvalue weighted by molar-refractivity contribution is 0.618. The first kappa shape index (κ1) is 14.3. The summed E-state index contributed by atoms with van der Waals surface area (Å²) in [6, 6.07) is 11.3. The Morgan fingerprint density at radius 2 is 1.83 bits per heavy atom. The normalized spacial score (nSPS) is 12.5. The lowest BCUT2D eigenvalue weighted by Crippen LogP contribution is -1.96. The average molecular weight is 439 g/mol. The Morgan fingerprint density at radius 3 is 2.44 bits per heavy atom. The highest BCUT2D eigenvalue weighted by Gasteiger charge is 2.15. The second-order valence-corrected chi connectivity index (χ2v) is 6.61. The molecule has 0 aliphatic rings. The van der Waals surface area contributed by atoms with Crippen LogP contribution in [-0.4, -0.2) is 0 Å². The minimum Gasteiger partial charge on any atom is -0.207 e. The first-order valence-electron chi connectivity index (χ1n) is 5.34. The van der Waals surface area contributed by atoms with E-state index in [0.29, 0.717) is 10.6 Å². The summed E-state index contributed by atoms with van der Waals surface area (Å²) in [4.78, 5) is -0.0266. The van der Waals surface area contributed by atoms with E-state index in [4.69, 9.17) is 11.6 Å². The molecule has 0 N–H and O–H groups in total. The van der Waals surface area contributed by atoms with Crippen molar-refractivity contribution < 1.29 is 4.39 Å². The first-order chi connectivity index (χ1) is 8.49. The summed E-state index contributed by atoms with van der Waals surface area (Å²) >= 11 is 12.0. The van der Waals surface area contributed by atoms with Crippen LogP contribution in [0.25, 0.3) is 0 Å². The molecule has 0 nitrogen and oxygen atoms in total. The van der Waals surface area contributed by atoms with Crippen molar-refractivity contribution in [2.45, 2.75) is 11.8 Å². The van der Waals surface area contributed by atoms with E-state index < -0.39 is 0 Å². The van der Waals surface area contributed by atoms with E-state index in [1.807, 2.05) is 24.3 Å². The SMILES string of the molecule is Cc1cc(C(Br)c2ccc(I)cc2)c(Cl)cc1F. The molecule has 0 radical (unpaired) electrons. The summed E-state index contributed by atoms with van der Waals surface area (Å²) in [6.45, 7) is 1.74. The van der Waals surface area contributed by atoms with Gasteiger partial charge in [-0.15, -0.1) is 0 Å². The Morgan fingerprint density at radius 1 is 1.22 bits per heavy atom. The molecular weight excluding hydrogens is 429 g/mol. The molecule has 1 unspecified atom stereocenters. The van der Waals surface area contributed by atoms with Gasteiger partial charge in [-0.1, -0.05) is 45.7 Å². The van der Waals surface area contributed by atoms with Crippen LogP contribution in [0.4, 0.5) is 4.39 Å². The monoisotopic (exact) mass is 438 g/mol. The van der Waals surface area contributed by atoms with Crippen LogP contribution in [0.3, 0.4) is 0 Å². The van der Waals surface area contributed by atoms with E-state index in [0.717, 1.165) is 11.1 Å². The van der Waals surface area contributed by atoms with Crippen molar-refractivity contribution in [3.05, 3.63) is 67.5 Å². The van der Waals surface area contributed by atoms with Crippen molar-refractivity contribution in [2.75, 3.05) is 0 Å². The van der Waals surface area contributed by atoms with E-state index in [1.54, 1.807) is 13.0 Å². The maximum absolute atomic E-state index is 13.4. The summed E-state index contributed by atoms with van der Waals surface area (Å²) in [6.07, 6.45) is 0. The summed E-state index contributed by atoms with van der Waals surface area (Å²) in [5.74, 6) is -0.272. The lowest BCUT2D eigenvalue weighted by atomic mass is 10.0. The summed E-state index contributed by atoms with van der Waals surface area (Å²) < 4.78 is 14.6. The average Bonchev–Trinajstić information content (AvgIpc) is 2.34. The maximum atomic E-state index is 13.4. The molecule has 0 spiro atoms. The van der Waals surface area contributed by atoms with E-state index in [9.17, 15) is 4.39 Å². The Bertz CT molecular complexity index is 569. The predicted molar refractivity (Wildman–Crippen MR) is 86.1 cm³/mol. The van der Waals surface area contributed by atoms with Crippen LogP contribution >= 0.6 is 50.1 Å². The van der Waals surface area contributed by atoms with Gasteiger partial charge in [-0.3, -0.25) is 0 Å². The van der Waals surface area contributed by atoms with Gasteiger partial charge in [-0.25, -0.2) is 4.39 Å². The Balaban J connectivity index is 2.42. The number of rotatable bonds is 2. The molecule has 0 aliphatic heterocycles. The van der Waals surface area contributed by atoms with Crippen molar-refractivity contribution in [1.29, 1.82) is 0 Å². The molecule has 4 heteroatoms. The molecule has 0 heterocycles. The number of hydrogen-bond donors (Lipinski definition) is 0. The first-order valence-corrected chi connectivity index (χ1v) is 7.71. The Labute approximate surface area is 133 Å². The van der Waals surface area contributed by atoms with Crippen LogP contribution in [0.15, 0.2) is 36.4 Å². The molecule has 2 rings (SSSR count). The smallest absolute Gasteiger partial charge is 0.127 e. The predicted octanol–water partition coefficient (Wildman–Crippen LogP) is 5.88. The van der Waals surface area contributed by atoms with E-state index in [-0.39, 0.29) is 10.6 Å². The van der Waals surface area contributed by atoms with E-state index in [1.165, 1.54) is 9.64 Å². The molecule has 0 fully saturated rings. The lowest BCUT2D eigenvalue weighted by Gasteiger charge is -2.14. The largest absolute Gasteiger partial charge is 0.207 e. The Kier molecular flexibility index (Phi) is 4.67. The number of alkyl halides is 1. The molecule has 0 saturated carbocycles. The topological polar surface area (TPSA) is 0 Å². The van der Waals surface area contributed by atoms with Crippen LogP contribution in [0.5, 0.6) is 0 Å². The van der Waals surface area contributed by atoms with Gasteiger partial charge in [0.15, 0.2) is 0 Å². The Hall–Kier alpha value is -0.130. The van der Waals surface area contributed by atoms with Gasteiger partial charge in [0.05, 0.1) is 4.83 Å². The molecule has 2 aromatic carbocycles. The van der Waals surface area contributed by atoms with Gasteiger partial charge in [-0.2, -0.15) is 0 Å². The fraction of sp³-hybridized carbons (Fsp3) is 0.143. The van der Waals surface area contributed by atoms with Crippen LogP contribution in [-0.2, 0) is 0 Å². The second kappa shape index (κ2) is 5.88. The van der Waals surface area contributed by atoms with Gasteiger partial charge in [0, 0.05) is 8.59 Å². The third-order valence-electron chi connectivity index (χ3n) is 2.71. The zero-order valence-corrected chi connectivity index (χ0v) is 14.1. The molecule has 0 amide bonds. The van der Waals surface area contributed by atoms with E-state index in [2.05, 4.69) is 38.5 Å². The highest BCUT2D eigenvalue weighted by Crippen LogP contribution is 2.36. The van der Waals surface area contributed by atoms with Crippen LogP contribution in [0.2, 0.25) is 5.02 Å². The van der Waals surface area contributed by atoms with Crippen LogP contribution in [0, 0.1) is 16.3 Å². The van der Waals surface area contributed by atoms with Gasteiger partial charge in [0.1, 0.15) is 5.82 Å². The molecular formula is C14H10BrClFI. The number of benzene rings is 2. The minimum atomic E-state index is -0.272. The van der Waals surface area contributed by atoms with Gasteiger partial charge < -0.3 is 0 Å². The van der Waals surface area contributed by atoms with Gasteiger partial charge in [0.25, 0.3) is 0 Å². The van der Waals surface area contributed by atoms with Crippen molar-refractivity contribution in [3.8, 4) is 0 Å². The summed E-state index contributed by atoms with van der Waals surface area (Å²) in [7, 11) is 0. The van der Waals surface area contributed by atoms with Crippen molar-refractivity contribution in [3.63, 3.8) is 0 Å². The third-order valence-corrected chi connectivity index (χ3v) is 4.78. The number of halogens is 4. The molecule has 0 saturated heterocycles. The quantitative estimate of drug-likeness (QED) is 0.405. The standard InChI is InChI=1S/C14H10BrClFI/c1-8-6-11(12(16)7-13(8)17)14(15)9-2-4-10(18)5-3-9/h2-7,14H,1H3. The zero-order valence-electron chi connectivity index (χ0n) is 9.55. The highest BCUT2D eigenvalue weighted by atomic mass is 127. The van der Waals surface area contributed by atoms with E-state index >= 15 is 0 Å². The minimum absolute atomic E-state index is 0.0266. The van der Waals surface area contributed by atoms with Gasteiger partial charge in [0.2, 0.25) is 0 Å². The highest BCUT2D eigenvalue weighted by molar-refractivity contribution is 14.1. The fourth-order valence-corrected chi connectivity index (χ4v) is 3.12. The van der Waals surface area contributed by atoms with Crippen molar-refractivity contribution in [1.82, 2.24) is 0 Å². The second-order valence-electron chi connectivity index (χ2n) is 4.04.